The highest BCUT2D eigenvalue weighted by molar-refractivity contribution is 7.89. The topological polar surface area (TPSA) is 87.3 Å². The van der Waals surface area contributed by atoms with Gasteiger partial charge in [-0.1, -0.05) is 31.2 Å². The SMILES string of the molecule is CCN[C@H](C)CNS(=O)(=O)c1ccc(NC(C)=O)c2ccccc12.Cl. The minimum Gasteiger partial charge on any atom is -0.326 e. The summed E-state index contributed by atoms with van der Waals surface area (Å²) in [6.45, 7) is 6.39. The van der Waals surface area contributed by atoms with Crippen LogP contribution in [0.5, 0.6) is 0 Å². The molecule has 138 valence electrons. The highest BCUT2D eigenvalue weighted by atomic mass is 35.5. The lowest BCUT2D eigenvalue weighted by Crippen LogP contribution is -2.38. The quantitative estimate of drug-likeness (QED) is 0.683. The predicted molar refractivity (Wildman–Crippen MR) is 104 cm³/mol. The van der Waals surface area contributed by atoms with Gasteiger partial charge in [0.1, 0.15) is 0 Å². The van der Waals surface area contributed by atoms with Crippen molar-refractivity contribution in [3.63, 3.8) is 0 Å². The molecule has 0 fully saturated rings. The highest BCUT2D eigenvalue weighted by Gasteiger charge is 2.19. The average molecular weight is 386 g/mol. The first-order chi connectivity index (χ1) is 11.3. The van der Waals surface area contributed by atoms with E-state index in [4.69, 9.17) is 0 Å². The Morgan fingerprint density at radius 1 is 1.12 bits per heavy atom. The molecule has 1 amide bonds. The largest absolute Gasteiger partial charge is 0.326 e. The number of benzene rings is 2. The van der Waals surface area contributed by atoms with Crippen LogP contribution in [0.25, 0.3) is 10.8 Å². The van der Waals surface area contributed by atoms with E-state index in [1.807, 2.05) is 19.9 Å². The Hall–Kier alpha value is -1.67. The number of hydrogen-bond acceptors (Lipinski definition) is 4. The molecule has 0 saturated heterocycles. The van der Waals surface area contributed by atoms with E-state index in [1.54, 1.807) is 24.3 Å². The molecule has 0 saturated carbocycles. The van der Waals surface area contributed by atoms with Gasteiger partial charge in [-0.2, -0.15) is 0 Å². The van der Waals surface area contributed by atoms with Crippen LogP contribution >= 0.6 is 12.4 Å². The number of carbonyl (C=O) groups is 1. The van der Waals surface area contributed by atoms with E-state index in [2.05, 4.69) is 15.4 Å². The maximum atomic E-state index is 12.7. The van der Waals surface area contributed by atoms with Crippen LogP contribution in [0.4, 0.5) is 5.69 Å². The molecule has 3 N–H and O–H groups in total. The van der Waals surface area contributed by atoms with E-state index >= 15 is 0 Å². The molecule has 0 heterocycles. The minimum absolute atomic E-state index is 0. The first-order valence-electron chi connectivity index (χ1n) is 7.87. The molecule has 25 heavy (non-hydrogen) atoms. The molecule has 2 aromatic rings. The van der Waals surface area contributed by atoms with Crippen molar-refractivity contribution >= 4 is 44.8 Å². The van der Waals surface area contributed by atoms with Crippen molar-refractivity contribution in [1.82, 2.24) is 10.0 Å². The van der Waals surface area contributed by atoms with E-state index in [0.717, 1.165) is 6.54 Å². The number of halogens is 1. The summed E-state index contributed by atoms with van der Waals surface area (Å²) in [5.74, 6) is -0.201. The third-order valence-corrected chi connectivity index (χ3v) is 5.10. The molecule has 0 spiro atoms. The molecule has 0 bridgehead atoms. The van der Waals surface area contributed by atoms with Gasteiger partial charge >= 0.3 is 0 Å². The van der Waals surface area contributed by atoms with Gasteiger partial charge < -0.3 is 10.6 Å². The minimum atomic E-state index is -3.65. The fourth-order valence-corrected chi connectivity index (χ4v) is 3.88. The molecule has 6 nitrogen and oxygen atoms in total. The van der Waals surface area contributed by atoms with Gasteiger partial charge in [0.2, 0.25) is 15.9 Å². The van der Waals surface area contributed by atoms with Gasteiger partial charge in [0, 0.05) is 36.0 Å². The van der Waals surface area contributed by atoms with Crippen LogP contribution in [0.3, 0.4) is 0 Å². The van der Waals surface area contributed by atoms with E-state index in [1.165, 1.54) is 13.0 Å². The Morgan fingerprint density at radius 3 is 2.36 bits per heavy atom. The van der Waals surface area contributed by atoms with Crippen molar-refractivity contribution in [1.29, 1.82) is 0 Å². The second-order valence-electron chi connectivity index (χ2n) is 5.65. The molecule has 2 rings (SSSR count). The monoisotopic (exact) mass is 385 g/mol. The van der Waals surface area contributed by atoms with Gasteiger partial charge in [-0.05, 0) is 25.6 Å². The smallest absolute Gasteiger partial charge is 0.241 e. The van der Waals surface area contributed by atoms with Crippen molar-refractivity contribution in [3.8, 4) is 0 Å². The number of sulfonamides is 1. The average Bonchev–Trinajstić information content (AvgIpc) is 2.53. The second kappa shape index (κ2) is 9.15. The van der Waals surface area contributed by atoms with Gasteiger partial charge in [-0.15, -0.1) is 12.4 Å². The lowest BCUT2D eigenvalue weighted by molar-refractivity contribution is -0.114. The lowest BCUT2D eigenvalue weighted by atomic mass is 10.1. The standard InChI is InChI=1S/C17H23N3O3S.ClH/c1-4-18-12(2)11-19-24(22,23)17-10-9-16(20-13(3)21)14-7-5-6-8-15(14)17;/h5-10,12,18-19H,4,11H2,1-3H3,(H,20,21);1H/t12-;/m1./s1. The zero-order chi connectivity index (χ0) is 17.7. The van der Waals surface area contributed by atoms with Crippen molar-refractivity contribution in [3.05, 3.63) is 36.4 Å². The third-order valence-electron chi connectivity index (χ3n) is 3.62. The molecule has 0 aliphatic carbocycles. The molecule has 0 aliphatic heterocycles. The zero-order valence-electron chi connectivity index (χ0n) is 14.5. The molecule has 0 radical (unpaired) electrons. The van der Waals surface area contributed by atoms with E-state index in [-0.39, 0.29) is 29.3 Å². The number of likely N-dealkylation sites (N-methyl/N-ethyl adjacent to an activating group) is 1. The summed E-state index contributed by atoms with van der Waals surface area (Å²) in [5.41, 5.74) is 0.595. The molecular formula is C17H24ClN3O3S. The van der Waals surface area contributed by atoms with Gasteiger partial charge in [0.05, 0.1) is 4.90 Å². The van der Waals surface area contributed by atoms with Crippen LogP contribution in [0.15, 0.2) is 41.3 Å². The van der Waals surface area contributed by atoms with Crippen molar-refractivity contribution in [2.45, 2.75) is 31.7 Å². The van der Waals surface area contributed by atoms with Crippen LogP contribution < -0.4 is 15.4 Å². The molecular weight excluding hydrogens is 362 g/mol. The molecule has 2 aromatic carbocycles. The molecule has 0 aromatic heterocycles. The van der Waals surface area contributed by atoms with Crippen LogP contribution in [0, 0.1) is 0 Å². The van der Waals surface area contributed by atoms with Crippen LogP contribution in [0.1, 0.15) is 20.8 Å². The van der Waals surface area contributed by atoms with E-state index < -0.39 is 10.0 Å². The lowest BCUT2D eigenvalue weighted by Gasteiger charge is -2.15. The second-order valence-corrected chi connectivity index (χ2v) is 7.38. The van der Waals surface area contributed by atoms with Gasteiger partial charge in [-0.25, -0.2) is 13.1 Å². The molecule has 0 unspecified atom stereocenters. The fraction of sp³-hybridized carbons (Fsp3) is 0.353. The number of hydrogen-bond donors (Lipinski definition) is 3. The number of fused-ring (bicyclic) bond motifs is 1. The van der Waals surface area contributed by atoms with Gasteiger partial charge in [-0.3, -0.25) is 4.79 Å². The fourth-order valence-electron chi connectivity index (χ4n) is 2.54. The summed E-state index contributed by atoms with van der Waals surface area (Å²) in [6.07, 6.45) is 0. The van der Waals surface area contributed by atoms with E-state index in [0.29, 0.717) is 23.0 Å². The number of rotatable bonds is 7. The zero-order valence-corrected chi connectivity index (χ0v) is 16.1. The number of carbonyl (C=O) groups excluding carboxylic acids is 1. The Bertz CT molecular complexity index is 840. The summed E-state index contributed by atoms with van der Waals surface area (Å²) >= 11 is 0. The maximum absolute atomic E-state index is 12.7. The first-order valence-corrected chi connectivity index (χ1v) is 9.36. The van der Waals surface area contributed by atoms with Crippen LogP contribution in [0.2, 0.25) is 0 Å². The Labute approximate surface area is 154 Å². The number of nitrogens with one attached hydrogen (secondary N) is 3. The normalized spacial score (nSPS) is 12.4. The van der Waals surface area contributed by atoms with Crippen LogP contribution in [-0.2, 0) is 14.8 Å². The number of anilines is 1. The predicted octanol–water partition coefficient (Wildman–Crippen LogP) is 2.50. The molecule has 0 aliphatic rings. The summed E-state index contributed by atoms with van der Waals surface area (Å²) in [6, 6.07) is 10.3. The van der Waals surface area contributed by atoms with Crippen LogP contribution in [-0.4, -0.2) is 33.5 Å². The first kappa shape index (κ1) is 21.4. The summed E-state index contributed by atoms with van der Waals surface area (Å²) < 4.78 is 28.0. The van der Waals surface area contributed by atoms with Crippen molar-refractivity contribution in [2.24, 2.45) is 0 Å². The van der Waals surface area contributed by atoms with Crippen molar-refractivity contribution < 1.29 is 13.2 Å². The Morgan fingerprint density at radius 2 is 1.76 bits per heavy atom. The number of amides is 1. The summed E-state index contributed by atoms with van der Waals surface area (Å²) in [4.78, 5) is 11.5. The maximum Gasteiger partial charge on any atom is 0.241 e. The van der Waals surface area contributed by atoms with Crippen molar-refractivity contribution in [2.75, 3.05) is 18.4 Å². The highest BCUT2D eigenvalue weighted by Crippen LogP contribution is 2.29. The third kappa shape index (κ3) is 5.40. The van der Waals surface area contributed by atoms with Gasteiger partial charge in [0.25, 0.3) is 0 Å². The Kier molecular flexibility index (Phi) is 7.82. The molecule has 1 atom stereocenters. The van der Waals surface area contributed by atoms with Gasteiger partial charge in [0.15, 0.2) is 0 Å². The molecule has 8 heteroatoms. The summed E-state index contributed by atoms with van der Waals surface area (Å²) in [5, 5.41) is 7.16. The summed E-state index contributed by atoms with van der Waals surface area (Å²) in [7, 11) is -3.65. The van der Waals surface area contributed by atoms with E-state index in [9.17, 15) is 13.2 Å². The Balaban J connectivity index is 0.00000312.